The molecule has 0 heterocycles. The molecule has 0 saturated heterocycles. The van der Waals surface area contributed by atoms with Crippen LogP contribution in [0.2, 0.25) is 0 Å². The quantitative estimate of drug-likeness (QED) is 0.453. The third-order valence-electron chi connectivity index (χ3n) is 3.00. The highest BCUT2D eigenvalue weighted by Gasteiger charge is 2.08. The fraction of sp³-hybridized carbons (Fsp3) is 0.412. The molecule has 0 saturated carbocycles. The van der Waals surface area contributed by atoms with Gasteiger partial charge >= 0.3 is 5.97 Å². The summed E-state index contributed by atoms with van der Waals surface area (Å²) in [6.45, 7) is 3.74. The molecule has 0 bridgehead atoms. The van der Waals surface area contributed by atoms with Crippen molar-refractivity contribution in [1.29, 1.82) is 0 Å². The van der Waals surface area contributed by atoms with Gasteiger partial charge in [-0.1, -0.05) is 25.5 Å². The highest BCUT2D eigenvalue weighted by atomic mass is 32.2. The van der Waals surface area contributed by atoms with Crippen LogP contribution in [0.15, 0.2) is 35.2 Å². The number of carbonyl (C=O) groups excluding carboxylic acids is 2. The van der Waals surface area contributed by atoms with Crippen LogP contribution in [-0.2, 0) is 14.3 Å². The highest BCUT2D eigenvalue weighted by Crippen LogP contribution is 2.15. The van der Waals surface area contributed by atoms with Crippen molar-refractivity contribution in [1.82, 2.24) is 5.32 Å². The Kier molecular flexibility index (Phi) is 8.36. The van der Waals surface area contributed by atoms with Crippen LogP contribution in [0.1, 0.15) is 32.3 Å². The molecule has 0 aromatic heterocycles. The van der Waals surface area contributed by atoms with Gasteiger partial charge in [0.2, 0.25) is 0 Å². The van der Waals surface area contributed by atoms with E-state index >= 15 is 0 Å². The smallest absolute Gasteiger partial charge is 0.331 e. The number of thioether (sulfide) groups is 1. The summed E-state index contributed by atoms with van der Waals surface area (Å²) in [5.41, 5.74) is 0.913. The second kappa shape index (κ2) is 10.1. The number of esters is 1. The van der Waals surface area contributed by atoms with Crippen LogP contribution >= 0.6 is 11.8 Å². The van der Waals surface area contributed by atoms with Crippen LogP contribution < -0.4 is 5.32 Å². The fourth-order valence-corrected chi connectivity index (χ4v) is 2.29. The summed E-state index contributed by atoms with van der Waals surface area (Å²) in [6, 6.07) is 7.92. The van der Waals surface area contributed by atoms with Crippen molar-refractivity contribution in [3.8, 4) is 0 Å². The average molecular weight is 321 g/mol. The Balaban J connectivity index is 2.35. The first kappa shape index (κ1) is 18.3. The van der Waals surface area contributed by atoms with E-state index in [4.69, 9.17) is 4.74 Å². The molecule has 1 aromatic rings. The fourth-order valence-electron chi connectivity index (χ4n) is 1.89. The summed E-state index contributed by atoms with van der Waals surface area (Å²) in [5.74, 6) is -0.792. The van der Waals surface area contributed by atoms with Gasteiger partial charge in [0.25, 0.3) is 5.91 Å². The molecule has 0 aliphatic rings. The average Bonchev–Trinajstić information content (AvgIpc) is 2.51. The predicted octanol–water partition coefficient (Wildman–Crippen LogP) is 3.27. The summed E-state index contributed by atoms with van der Waals surface area (Å²) in [7, 11) is 0. The summed E-state index contributed by atoms with van der Waals surface area (Å²) >= 11 is 1.66. The van der Waals surface area contributed by atoms with E-state index in [0.717, 1.165) is 23.3 Å². The van der Waals surface area contributed by atoms with Crippen molar-refractivity contribution >= 4 is 29.7 Å². The lowest BCUT2D eigenvalue weighted by Gasteiger charge is -2.12. The molecule has 5 heteroatoms. The largest absolute Gasteiger partial charge is 0.452 e. The van der Waals surface area contributed by atoms with Crippen molar-refractivity contribution in [2.24, 2.45) is 0 Å². The topological polar surface area (TPSA) is 55.4 Å². The third-order valence-corrected chi connectivity index (χ3v) is 3.75. The van der Waals surface area contributed by atoms with E-state index in [1.54, 1.807) is 17.8 Å². The van der Waals surface area contributed by atoms with Gasteiger partial charge in [0.1, 0.15) is 0 Å². The Bertz CT molecular complexity index is 511. The molecule has 1 atom stereocenters. The maximum absolute atomic E-state index is 11.6. The number of hydrogen-bond acceptors (Lipinski definition) is 4. The van der Waals surface area contributed by atoms with Crippen LogP contribution in [0.3, 0.4) is 0 Å². The van der Waals surface area contributed by atoms with Crippen LogP contribution in [0, 0.1) is 0 Å². The van der Waals surface area contributed by atoms with E-state index in [1.165, 1.54) is 6.08 Å². The normalized spacial score (nSPS) is 12.1. The zero-order valence-corrected chi connectivity index (χ0v) is 14.1. The van der Waals surface area contributed by atoms with Crippen molar-refractivity contribution < 1.29 is 14.3 Å². The van der Waals surface area contributed by atoms with Crippen LogP contribution in [0.4, 0.5) is 0 Å². The summed E-state index contributed by atoms with van der Waals surface area (Å²) in [5, 5.41) is 2.78. The lowest BCUT2D eigenvalue weighted by atomic mass is 10.2. The van der Waals surface area contributed by atoms with Gasteiger partial charge < -0.3 is 10.1 Å². The van der Waals surface area contributed by atoms with Gasteiger partial charge in [-0.25, -0.2) is 4.79 Å². The van der Waals surface area contributed by atoms with Crippen LogP contribution in [0.5, 0.6) is 0 Å². The van der Waals surface area contributed by atoms with Gasteiger partial charge in [0.05, 0.1) is 0 Å². The zero-order valence-electron chi connectivity index (χ0n) is 13.3. The van der Waals surface area contributed by atoms with Gasteiger partial charge in [-0.2, -0.15) is 0 Å². The molecule has 4 nitrogen and oxygen atoms in total. The molecular formula is C17H23NO3S. The van der Waals surface area contributed by atoms with Crippen LogP contribution in [0.25, 0.3) is 6.08 Å². The van der Waals surface area contributed by atoms with Crippen molar-refractivity contribution in [2.45, 2.75) is 37.6 Å². The highest BCUT2D eigenvalue weighted by molar-refractivity contribution is 7.98. The number of hydrogen-bond donors (Lipinski definition) is 1. The van der Waals surface area contributed by atoms with E-state index in [1.807, 2.05) is 37.4 Å². The maximum Gasteiger partial charge on any atom is 0.331 e. The molecule has 1 amide bonds. The molecule has 1 aromatic carbocycles. The Morgan fingerprint density at radius 3 is 2.59 bits per heavy atom. The second-order valence-electron chi connectivity index (χ2n) is 4.97. The summed E-state index contributed by atoms with van der Waals surface area (Å²) in [6.07, 6.45) is 6.92. The van der Waals surface area contributed by atoms with Gasteiger partial charge in [-0.3, -0.25) is 4.79 Å². The zero-order chi connectivity index (χ0) is 16.4. The SMILES string of the molecule is CCC[C@@H](C)NC(=O)COC(=O)/C=C/c1ccc(SC)cc1. The molecule has 0 unspecified atom stereocenters. The number of nitrogens with one attached hydrogen (secondary N) is 1. The third kappa shape index (κ3) is 7.31. The summed E-state index contributed by atoms with van der Waals surface area (Å²) < 4.78 is 4.91. The van der Waals surface area contributed by atoms with Gasteiger partial charge in [-0.05, 0) is 43.4 Å². The Hall–Kier alpha value is -1.75. The predicted molar refractivity (Wildman–Crippen MR) is 90.7 cm³/mol. The first-order valence-electron chi connectivity index (χ1n) is 7.33. The lowest BCUT2D eigenvalue weighted by molar-refractivity contribution is -0.144. The monoisotopic (exact) mass is 321 g/mol. The molecule has 0 aliphatic carbocycles. The van der Waals surface area contributed by atoms with Crippen LogP contribution in [-0.4, -0.2) is 30.8 Å². The van der Waals surface area contributed by atoms with Crippen molar-refractivity contribution in [2.75, 3.05) is 12.9 Å². The van der Waals surface area contributed by atoms with E-state index in [2.05, 4.69) is 12.2 Å². The number of benzene rings is 1. The molecule has 120 valence electrons. The minimum atomic E-state index is -0.521. The minimum Gasteiger partial charge on any atom is -0.452 e. The molecule has 1 rings (SSSR count). The number of amides is 1. The summed E-state index contributed by atoms with van der Waals surface area (Å²) in [4.78, 5) is 24.3. The second-order valence-corrected chi connectivity index (χ2v) is 5.85. The van der Waals surface area contributed by atoms with Gasteiger partial charge in [0, 0.05) is 17.0 Å². The molecule has 0 spiro atoms. The Morgan fingerprint density at radius 2 is 2.00 bits per heavy atom. The maximum atomic E-state index is 11.6. The number of ether oxygens (including phenoxy) is 1. The van der Waals surface area contributed by atoms with E-state index in [0.29, 0.717) is 0 Å². The molecule has 22 heavy (non-hydrogen) atoms. The number of carbonyl (C=O) groups is 2. The first-order valence-corrected chi connectivity index (χ1v) is 8.56. The lowest BCUT2D eigenvalue weighted by Crippen LogP contribution is -2.35. The van der Waals surface area contributed by atoms with E-state index in [9.17, 15) is 9.59 Å². The van der Waals surface area contributed by atoms with E-state index in [-0.39, 0.29) is 18.6 Å². The van der Waals surface area contributed by atoms with Gasteiger partial charge in [-0.15, -0.1) is 11.8 Å². The number of rotatable bonds is 8. The molecule has 0 aliphatic heterocycles. The van der Waals surface area contributed by atoms with Crippen molar-refractivity contribution in [3.05, 3.63) is 35.9 Å². The van der Waals surface area contributed by atoms with Gasteiger partial charge in [0.15, 0.2) is 6.61 Å². The molecular weight excluding hydrogens is 298 g/mol. The Morgan fingerprint density at radius 1 is 1.32 bits per heavy atom. The minimum absolute atomic E-state index is 0.0988. The first-order chi connectivity index (χ1) is 10.5. The molecule has 0 fully saturated rings. The Labute approximate surface area is 136 Å². The van der Waals surface area contributed by atoms with Crippen molar-refractivity contribution in [3.63, 3.8) is 0 Å². The van der Waals surface area contributed by atoms with E-state index < -0.39 is 5.97 Å². The standard InChI is InChI=1S/C17H23NO3S/c1-4-5-13(2)18-16(19)12-21-17(20)11-8-14-6-9-15(22-3)10-7-14/h6-11,13H,4-5,12H2,1-3H3,(H,18,19)/b11-8+/t13-/m1/s1. The molecule has 1 N–H and O–H groups in total. The molecule has 0 radical (unpaired) electrons.